The highest BCUT2D eigenvalue weighted by Crippen LogP contribution is 2.32. The highest BCUT2D eigenvalue weighted by Gasteiger charge is 2.16. The number of nitrogens with one attached hydrogen (secondary N) is 2. The molecule has 4 N–H and O–H groups in total. The standard InChI is InChI=1S/C21H26N2O4/c1-4-9-22-20(26)15-7-5-14(6-8-15)12-23-21(27)17-10-16(13(2)3)18(24)11-19(17)25/h5-8,10-11,13,24-25H,4,9,12H2,1-3H3,(H,22,26)(H,23,27). The number of benzene rings is 2. The largest absolute Gasteiger partial charge is 0.508 e. The average molecular weight is 370 g/mol. The third-order valence-electron chi connectivity index (χ3n) is 4.22. The lowest BCUT2D eigenvalue weighted by molar-refractivity contribution is 0.0941. The molecular formula is C21H26N2O4. The summed E-state index contributed by atoms with van der Waals surface area (Å²) in [5, 5.41) is 25.4. The van der Waals surface area contributed by atoms with Crippen LogP contribution >= 0.6 is 0 Å². The van der Waals surface area contributed by atoms with Crippen molar-refractivity contribution < 1.29 is 19.8 Å². The molecule has 0 bridgehead atoms. The highest BCUT2D eigenvalue weighted by molar-refractivity contribution is 5.97. The molecule has 2 aromatic carbocycles. The predicted molar refractivity (Wildman–Crippen MR) is 104 cm³/mol. The monoisotopic (exact) mass is 370 g/mol. The van der Waals surface area contributed by atoms with Gasteiger partial charge >= 0.3 is 0 Å². The first-order chi connectivity index (χ1) is 12.8. The van der Waals surface area contributed by atoms with Crippen molar-refractivity contribution in [3.8, 4) is 11.5 Å². The molecule has 0 radical (unpaired) electrons. The zero-order valence-corrected chi connectivity index (χ0v) is 15.9. The third-order valence-corrected chi connectivity index (χ3v) is 4.22. The molecule has 27 heavy (non-hydrogen) atoms. The minimum atomic E-state index is -0.431. The number of phenols is 2. The second-order valence-corrected chi connectivity index (χ2v) is 6.72. The lowest BCUT2D eigenvalue weighted by atomic mass is 9.98. The maximum Gasteiger partial charge on any atom is 0.255 e. The van der Waals surface area contributed by atoms with Crippen LogP contribution in [0, 0.1) is 0 Å². The summed E-state index contributed by atoms with van der Waals surface area (Å²) in [7, 11) is 0. The Morgan fingerprint density at radius 2 is 1.63 bits per heavy atom. The number of phenolic OH excluding ortho intramolecular Hbond substituents is 2. The van der Waals surface area contributed by atoms with Crippen LogP contribution in [0.15, 0.2) is 36.4 Å². The molecule has 0 spiro atoms. The van der Waals surface area contributed by atoms with Crippen LogP contribution in [0.5, 0.6) is 11.5 Å². The van der Waals surface area contributed by atoms with Gasteiger partial charge in [-0.1, -0.05) is 32.9 Å². The Hall–Kier alpha value is -3.02. The summed E-state index contributed by atoms with van der Waals surface area (Å²) in [6.45, 7) is 6.66. The van der Waals surface area contributed by atoms with Gasteiger partial charge in [-0.05, 0) is 41.7 Å². The van der Waals surface area contributed by atoms with Crippen molar-refractivity contribution in [1.29, 1.82) is 0 Å². The molecule has 6 heteroatoms. The van der Waals surface area contributed by atoms with Crippen molar-refractivity contribution in [2.75, 3.05) is 6.54 Å². The van der Waals surface area contributed by atoms with Crippen molar-refractivity contribution in [1.82, 2.24) is 10.6 Å². The molecule has 2 rings (SSSR count). The van der Waals surface area contributed by atoms with E-state index in [-0.39, 0.29) is 35.4 Å². The van der Waals surface area contributed by atoms with Crippen LogP contribution in [-0.4, -0.2) is 28.6 Å². The van der Waals surface area contributed by atoms with E-state index in [2.05, 4.69) is 10.6 Å². The molecule has 6 nitrogen and oxygen atoms in total. The van der Waals surface area contributed by atoms with Gasteiger partial charge in [0.2, 0.25) is 0 Å². The molecule has 0 heterocycles. The summed E-state index contributed by atoms with van der Waals surface area (Å²) in [5.74, 6) is -0.835. The number of hydrogen-bond donors (Lipinski definition) is 4. The molecule has 2 amide bonds. The SMILES string of the molecule is CCCNC(=O)c1ccc(CNC(=O)c2cc(C(C)C)c(O)cc2O)cc1. The van der Waals surface area contributed by atoms with Crippen molar-refractivity contribution in [2.24, 2.45) is 0 Å². The van der Waals surface area contributed by atoms with Crippen LogP contribution < -0.4 is 10.6 Å². The first-order valence-corrected chi connectivity index (χ1v) is 9.04. The van der Waals surface area contributed by atoms with Crippen molar-refractivity contribution in [3.63, 3.8) is 0 Å². The molecule has 0 aliphatic rings. The van der Waals surface area contributed by atoms with Crippen LogP contribution in [0.1, 0.15) is 65.0 Å². The Bertz CT molecular complexity index is 814. The van der Waals surface area contributed by atoms with Crippen LogP contribution in [0.3, 0.4) is 0 Å². The van der Waals surface area contributed by atoms with Gasteiger partial charge in [0, 0.05) is 24.7 Å². The second kappa shape index (κ2) is 9.07. The van der Waals surface area contributed by atoms with Gasteiger partial charge in [0.1, 0.15) is 11.5 Å². The van der Waals surface area contributed by atoms with Crippen molar-refractivity contribution >= 4 is 11.8 Å². The molecule has 144 valence electrons. The molecule has 0 saturated heterocycles. The summed E-state index contributed by atoms with van der Waals surface area (Å²) in [4.78, 5) is 24.3. The predicted octanol–water partition coefficient (Wildman–Crippen LogP) is 3.29. The second-order valence-electron chi connectivity index (χ2n) is 6.72. The van der Waals surface area contributed by atoms with E-state index in [1.54, 1.807) is 24.3 Å². The molecule has 0 unspecified atom stereocenters. The van der Waals surface area contributed by atoms with Crippen LogP contribution in [0.4, 0.5) is 0 Å². The number of rotatable bonds is 7. The van der Waals surface area contributed by atoms with E-state index in [9.17, 15) is 19.8 Å². The Morgan fingerprint density at radius 3 is 2.22 bits per heavy atom. The first kappa shape index (κ1) is 20.3. The molecular weight excluding hydrogens is 344 g/mol. The average Bonchev–Trinajstić information content (AvgIpc) is 2.64. The summed E-state index contributed by atoms with van der Waals surface area (Å²) in [6, 6.07) is 9.66. The zero-order valence-electron chi connectivity index (χ0n) is 15.9. The number of carbonyl (C=O) groups is 2. The molecule has 0 aliphatic heterocycles. The van der Waals surface area contributed by atoms with E-state index >= 15 is 0 Å². The van der Waals surface area contributed by atoms with E-state index in [0.29, 0.717) is 17.7 Å². The van der Waals surface area contributed by atoms with Gasteiger partial charge < -0.3 is 20.8 Å². The fourth-order valence-corrected chi connectivity index (χ4v) is 2.63. The Morgan fingerprint density at radius 1 is 0.963 bits per heavy atom. The smallest absolute Gasteiger partial charge is 0.255 e. The quantitative estimate of drug-likeness (QED) is 0.601. The summed E-state index contributed by atoms with van der Waals surface area (Å²) >= 11 is 0. The van der Waals surface area contributed by atoms with Crippen LogP contribution in [-0.2, 0) is 6.54 Å². The highest BCUT2D eigenvalue weighted by atomic mass is 16.3. The maximum absolute atomic E-state index is 12.4. The van der Waals surface area contributed by atoms with Gasteiger partial charge in [-0.25, -0.2) is 0 Å². The molecule has 0 fully saturated rings. The number of amides is 2. The number of aromatic hydroxyl groups is 2. The van der Waals surface area contributed by atoms with E-state index in [1.807, 2.05) is 20.8 Å². The number of carbonyl (C=O) groups excluding carboxylic acids is 2. The summed E-state index contributed by atoms with van der Waals surface area (Å²) in [5.41, 5.74) is 2.11. The first-order valence-electron chi connectivity index (χ1n) is 9.04. The van der Waals surface area contributed by atoms with E-state index in [1.165, 1.54) is 12.1 Å². The van der Waals surface area contributed by atoms with Gasteiger partial charge in [0.25, 0.3) is 11.8 Å². The van der Waals surface area contributed by atoms with Crippen LogP contribution in [0.2, 0.25) is 0 Å². The number of hydrogen-bond acceptors (Lipinski definition) is 4. The lowest BCUT2D eigenvalue weighted by Crippen LogP contribution is -2.24. The Balaban J connectivity index is 2.03. The fourth-order valence-electron chi connectivity index (χ4n) is 2.63. The minimum absolute atomic E-state index is 0.0172. The normalized spacial score (nSPS) is 10.7. The maximum atomic E-state index is 12.4. The lowest BCUT2D eigenvalue weighted by Gasteiger charge is -2.13. The van der Waals surface area contributed by atoms with E-state index < -0.39 is 5.91 Å². The topological polar surface area (TPSA) is 98.7 Å². The minimum Gasteiger partial charge on any atom is -0.508 e. The van der Waals surface area contributed by atoms with E-state index in [4.69, 9.17) is 0 Å². The van der Waals surface area contributed by atoms with Gasteiger partial charge in [0.15, 0.2) is 0 Å². The van der Waals surface area contributed by atoms with Gasteiger partial charge in [0.05, 0.1) is 5.56 Å². The summed E-state index contributed by atoms with van der Waals surface area (Å²) < 4.78 is 0. The molecule has 0 saturated carbocycles. The molecule has 0 aliphatic carbocycles. The summed E-state index contributed by atoms with van der Waals surface area (Å²) in [6.07, 6.45) is 0.873. The van der Waals surface area contributed by atoms with Crippen LogP contribution in [0.25, 0.3) is 0 Å². The molecule has 0 atom stereocenters. The zero-order chi connectivity index (χ0) is 20.0. The molecule has 0 aromatic heterocycles. The van der Waals surface area contributed by atoms with Crippen molar-refractivity contribution in [2.45, 2.75) is 39.7 Å². The Labute approximate surface area is 159 Å². The van der Waals surface area contributed by atoms with Gasteiger partial charge in [-0.15, -0.1) is 0 Å². The van der Waals surface area contributed by atoms with Crippen molar-refractivity contribution in [3.05, 3.63) is 58.7 Å². The Kier molecular flexibility index (Phi) is 6.82. The van der Waals surface area contributed by atoms with Gasteiger partial charge in [-0.2, -0.15) is 0 Å². The third kappa shape index (κ3) is 5.23. The molecule has 2 aromatic rings. The van der Waals surface area contributed by atoms with Gasteiger partial charge in [-0.3, -0.25) is 9.59 Å². The fraction of sp³-hybridized carbons (Fsp3) is 0.333. The van der Waals surface area contributed by atoms with E-state index in [0.717, 1.165) is 12.0 Å².